The molecule has 1 heterocycles. The van der Waals surface area contributed by atoms with E-state index in [1.807, 2.05) is 96.5 Å². The zero-order chi connectivity index (χ0) is 53.4. The molecule has 0 aliphatic carbocycles. The van der Waals surface area contributed by atoms with E-state index in [1.54, 1.807) is 12.1 Å². The van der Waals surface area contributed by atoms with Gasteiger partial charge in [0.25, 0.3) is 0 Å². The Morgan fingerprint density at radius 2 is 1.23 bits per heavy atom. The molecule has 7 atom stereocenters. The number of hydrogen-bond acceptors (Lipinski definition) is 10. The summed E-state index contributed by atoms with van der Waals surface area (Å²) < 4.78 is 21.1. The summed E-state index contributed by atoms with van der Waals surface area (Å²) in [5, 5.41) is 25.2. The molecule has 18 heteroatoms. The van der Waals surface area contributed by atoms with Gasteiger partial charge in [-0.05, 0) is 85.6 Å². The number of carboxylic acids is 1. The molecule has 5 amide bonds. The second-order valence-corrected chi connectivity index (χ2v) is 20.4. The van der Waals surface area contributed by atoms with Gasteiger partial charge >= 0.3 is 11.9 Å². The topological polar surface area (TPSA) is 237 Å². The van der Waals surface area contributed by atoms with Crippen molar-refractivity contribution in [3.05, 3.63) is 71.7 Å². The van der Waals surface area contributed by atoms with E-state index < -0.39 is 83.8 Å². The quantitative estimate of drug-likeness (QED) is 0.0681. The highest BCUT2D eigenvalue weighted by atomic mass is 19.1. The maximum absolute atomic E-state index is 15.1. The van der Waals surface area contributed by atoms with Gasteiger partial charge in [-0.1, -0.05) is 85.7 Å². The molecule has 0 saturated carbocycles. The van der Waals surface area contributed by atoms with E-state index in [1.165, 1.54) is 50.0 Å². The number of carboxylic acid groups (broad SMARTS) is 1. The van der Waals surface area contributed by atoms with E-state index >= 15 is 9.59 Å². The van der Waals surface area contributed by atoms with Crippen molar-refractivity contribution >= 4 is 52.4 Å². The number of carbonyl (C=O) groups is 7. The fraction of sp³-hybridized carbons (Fsp3) is 0.585. The molecule has 71 heavy (non-hydrogen) atoms. The number of aliphatic carboxylic acids is 1. The SMILES string of the molecule is CC(C)C[C@H](NC(=O)[C@H](Cc1cn(Cc2ccc(F)cc2)c2ccccc12)N(C)C(=O)[C@H](CC(C)C)NC(=O)[C@H](CC(C)C)N(C)C(=O)[C@@H](N)CC(C)C)C(=O)N(C)[C@@H](C)C(=O)O[C@H](CCC#N)C(=O)O. The number of nitrogens with two attached hydrogens (primary N) is 1. The summed E-state index contributed by atoms with van der Waals surface area (Å²) in [4.78, 5) is 101. The molecule has 0 aliphatic heterocycles. The zero-order valence-electron chi connectivity index (χ0n) is 43.6. The van der Waals surface area contributed by atoms with Crippen LogP contribution in [0, 0.1) is 40.8 Å². The van der Waals surface area contributed by atoms with E-state index in [9.17, 15) is 33.5 Å². The van der Waals surface area contributed by atoms with Crippen LogP contribution in [-0.4, -0.2) is 129 Å². The number of nitrogens with zero attached hydrogens (tertiary/aromatic N) is 5. The van der Waals surface area contributed by atoms with E-state index in [0.717, 1.165) is 21.4 Å². The van der Waals surface area contributed by atoms with Crippen molar-refractivity contribution in [2.24, 2.45) is 29.4 Å². The van der Waals surface area contributed by atoms with Gasteiger partial charge in [0.15, 0.2) is 6.10 Å². The van der Waals surface area contributed by atoms with Crippen molar-refractivity contribution in [3.8, 4) is 6.07 Å². The van der Waals surface area contributed by atoms with Crippen molar-refractivity contribution in [1.82, 2.24) is 29.9 Å². The van der Waals surface area contributed by atoms with Crippen LogP contribution in [-0.2, 0) is 51.3 Å². The number of nitriles is 1. The van der Waals surface area contributed by atoms with E-state index in [2.05, 4.69) is 10.6 Å². The number of carbonyl (C=O) groups excluding carboxylic acids is 6. The molecule has 2 aromatic carbocycles. The van der Waals surface area contributed by atoms with Crippen LogP contribution in [0.2, 0.25) is 0 Å². The molecule has 0 spiro atoms. The van der Waals surface area contributed by atoms with Crippen LogP contribution >= 0.6 is 0 Å². The van der Waals surface area contributed by atoms with Crippen LogP contribution in [0.15, 0.2) is 54.7 Å². The molecular formula is C53H77FN8O9. The highest BCUT2D eigenvalue weighted by molar-refractivity contribution is 5.97. The van der Waals surface area contributed by atoms with Gasteiger partial charge < -0.3 is 45.5 Å². The highest BCUT2D eigenvalue weighted by Gasteiger charge is 2.39. The van der Waals surface area contributed by atoms with Crippen molar-refractivity contribution < 1.29 is 47.8 Å². The smallest absolute Gasteiger partial charge is 0.345 e. The van der Waals surface area contributed by atoms with Crippen molar-refractivity contribution in [1.29, 1.82) is 5.26 Å². The molecule has 0 saturated heterocycles. The van der Waals surface area contributed by atoms with Crippen LogP contribution in [0.1, 0.15) is 112 Å². The average molecular weight is 989 g/mol. The van der Waals surface area contributed by atoms with Crippen LogP contribution in [0.5, 0.6) is 0 Å². The number of likely N-dealkylation sites (N-methyl/N-ethyl adjacent to an activating group) is 3. The third-order valence-corrected chi connectivity index (χ3v) is 12.5. The normalized spacial score (nSPS) is 14.5. The number of benzene rings is 2. The standard InChI is InChI=1S/C53H77FN8O9/c1-31(2)24-40(56)49(65)60(11)44(27-34(7)8)47(63)58-42(26-33(5)6)51(67)61(12)45(28-37-30-62(43-17-14-13-16-39(37)43)29-36-19-21-38(54)22-20-36)48(64)57-41(25-32(3)4)50(66)59(10)35(9)53(70)71-46(52(68)69)18-15-23-55/h13-14,16-17,19-22,30-35,40-42,44-46H,15,18,24-29,56H2,1-12H3,(H,57,64)(H,58,63)(H,68,69)/t35-,40-,41-,42-,44-,45-,46+/m0/s1. The van der Waals surface area contributed by atoms with Gasteiger partial charge in [-0.15, -0.1) is 0 Å². The maximum atomic E-state index is 15.1. The Bertz CT molecular complexity index is 2340. The Kier molecular flexibility index (Phi) is 22.7. The molecule has 390 valence electrons. The third-order valence-electron chi connectivity index (χ3n) is 12.5. The van der Waals surface area contributed by atoms with E-state index in [0.29, 0.717) is 18.5 Å². The number of nitrogens with one attached hydrogen (secondary N) is 2. The monoisotopic (exact) mass is 989 g/mol. The fourth-order valence-electron chi connectivity index (χ4n) is 8.51. The lowest BCUT2D eigenvalue weighted by Crippen LogP contribution is -2.60. The van der Waals surface area contributed by atoms with Gasteiger partial charge in [-0.3, -0.25) is 24.0 Å². The van der Waals surface area contributed by atoms with Crippen LogP contribution in [0.25, 0.3) is 10.9 Å². The predicted octanol–water partition coefficient (Wildman–Crippen LogP) is 5.65. The largest absolute Gasteiger partial charge is 0.479 e. The summed E-state index contributed by atoms with van der Waals surface area (Å²) in [6.07, 6.45) is 0.730. The van der Waals surface area contributed by atoms with Gasteiger partial charge in [0.1, 0.15) is 36.0 Å². The first kappa shape index (κ1) is 59.0. The summed E-state index contributed by atoms with van der Waals surface area (Å²) in [5.41, 5.74) is 8.60. The maximum Gasteiger partial charge on any atom is 0.345 e. The number of para-hydroxylation sites is 1. The second kappa shape index (κ2) is 27.3. The Morgan fingerprint density at radius 3 is 1.75 bits per heavy atom. The fourth-order valence-corrected chi connectivity index (χ4v) is 8.51. The first-order valence-corrected chi connectivity index (χ1v) is 24.5. The van der Waals surface area contributed by atoms with Crippen molar-refractivity contribution in [2.45, 2.75) is 156 Å². The molecule has 0 unspecified atom stereocenters. The molecule has 0 radical (unpaired) electrons. The van der Waals surface area contributed by atoms with Crippen molar-refractivity contribution in [2.75, 3.05) is 21.1 Å². The lowest BCUT2D eigenvalue weighted by molar-refractivity contribution is -0.169. The Morgan fingerprint density at radius 1 is 0.718 bits per heavy atom. The van der Waals surface area contributed by atoms with E-state index in [4.69, 9.17) is 15.7 Å². The minimum atomic E-state index is -1.61. The highest BCUT2D eigenvalue weighted by Crippen LogP contribution is 2.26. The zero-order valence-corrected chi connectivity index (χ0v) is 43.6. The molecular weight excluding hydrogens is 912 g/mol. The van der Waals surface area contributed by atoms with Gasteiger partial charge in [0.05, 0.1) is 12.1 Å². The number of amides is 5. The average Bonchev–Trinajstić information content (AvgIpc) is 3.65. The number of halogens is 1. The summed E-state index contributed by atoms with van der Waals surface area (Å²) in [6, 6.07) is 8.65. The van der Waals surface area contributed by atoms with E-state index in [-0.39, 0.29) is 68.0 Å². The Hall–Kier alpha value is -6.35. The Balaban J connectivity index is 2.13. The molecule has 17 nitrogen and oxygen atoms in total. The molecule has 3 rings (SSSR count). The van der Waals surface area contributed by atoms with Crippen LogP contribution in [0.4, 0.5) is 4.39 Å². The lowest BCUT2D eigenvalue weighted by atomic mass is 9.96. The Labute approximate surface area is 418 Å². The predicted molar refractivity (Wildman–Crippen MR) is 269 cm³/mol. The first-order chi connectivity index (χ1) is 33.3. The van der Waals surface area contributed by atoms with Gasteiger partial charge in [0, 0.05) is 64.1 Å². The number of hydrogen-bond donors (Lipinski definition) is 4. The minimum absolute atomic E-state index is 0.0206. The van der Waals surface area contributed by atoms with Gasteiger partial charge in [-0.2, -0.15) is 5.26 Å². The molecule has 5 N–H and O–H groups in total. The number of aromatic nitrogens is 1. The second-order valence-electron chi connectivity index (χ2n) is 20.4. The number of rotatable bonds is 27. The molecule has 0 bridgehead atoms. The van der Waals surface area contributed by atoms with Gasteiger partial charge in [0.2, 0.25) is 29.5 Å². The number of esters is 1. The summed E-state index contributed by atoms with van der Waals surface area (Å²) in [7, 11) is 4.33. The first-order valence-electron chi connectivity index (χ1n) is 24.5. The van der Waals surface area contributed by atoms with Crippen LogP contribution < -0.4 is 16.4 Å². The summed E-state index contributed by atoms with van der Waals surface area (Å²) in [6.45, 7) is 16.9. The molecule has 0 fully saturated rings. The number of fused-ring (bicyclic) bond motifs is 1. The van der Waals surface area contributed by atoms with Crippen molar-refractivity contribution in [3.63, 3.8) is 0 Å². The minimum Gasteiger partial charge on any atom is -0.479 e. The number of ether oxygens (including phenoxy) is 1. The summed E-state index contributed by atoms with van der Waals surface area (Å²) >= 11 is 0. The van der Waals surface area contributed by atoms with Gasteiger partial charge in [-0.25, -0.2) is 14.0 Å². The third kappa shape index (κ3) is 17.2. The molecule has 1 aromatic heterocycles. The lowest BCUT2D eigenvalue weighted by Gasteiger charge is -2.35. The van der Waals surface area contributed by atoms with Crippen LogP contribution in [0.3, 0.4) is 0 Å². The summed E-state index contributed by atoms with van der Waals surface area (Å²) in [5.74, 6) is -5.97. The molecule has 3 aromatic rings. The molecule has 0 aliphatic rings.